The molecular formula is C16H18O5. The van der Waals surface area contributed by atoms with Crippen LogP contribution in [0.25, 0.3) is 0 Å². The quantitative estimate of drug-likeness (QED) is 0.780. The molecule has 0 aliphatic carbocycles. The van der Waals surface area contributed by atoms with Crippen LogP contribution < -0.4 is 14.2 Å². The second kappa shape index (κ2) is 8.14. The van der Waals surface area contributed by atoms with Gasteiger partial charge >= 0.3 is 0 Å². The van der Waals surface area contributed by atoms with Crippen molar-refractivity contribution in [1.82, 2.24) is 0 Å². The summed E-state index contributed by atoms with van der Waals surface area (Å²) in [7, 11) is 0. The third kappa shape index (κ3) is 4.37. The van der Waals surface area contributed by atoms with E-state index in [0.29, 0.717) is 23.0 Å². The molecule has 2 aromatic rings. The Balaban J connectivity index is 2.25. The molecule has 0 amide bonds. The smallest absolute Gasteiger partial charge is 0.204 e. The van der Waals surface area contributed by atoms with Crippen molar-refractivity contribution in [2.75, 3.05) is 26.4 Å². The predicted molar refractivity (Wildman–Crippen MR) is 78.1 cm³/mol. The lowest BCUT2D eigenvalue weighted by atomic mass is 10.3. The highest BCUT2D eigenvalue weighted by Crippen LogP contribution is 2.39. The van der Waals surface area contributed by atoms with Gasteiger partial charge in [-0.1, -0.05) is 24.3 Å². The van der Waals surface area contributed by atoms with Crippen LogP contribution in [0.2, 0.25) is 0 Å². The Bertz CT molecular complexity index is 542. The fourth-order valence-corrected chi connectivity index (χ4v) is 1.75. The number of para-hydroxylation sites is 2. The summed E-state index contributed by atoms with van der Waals surface area (Å²) in [6.07, 6.45) is 0. The largest absolute Gasteiger partial charge is 0.487 e. The summed E-state index contributed by atoms with van der Waals surface area (Å²) in [5.74, 6) is 2.03. The van der Waals surface area contributed by atoms with E-state index in [9.17, 15) is 0 Å². The molecule has 21 heavy (non-hydrogen) atoms. The van der Waals surface area contributed by atoms with E-state index >= 15 is 0 Å². The first kappa shape index (κ1) is 15.2. The molecule has 0 heterocycles. The molecule has 0 saturated heterocycles. The van der Waals surface area contributed by atoms with Crippen LogP contribution in [-0.4, -0.2) is 36.6 Å². The Kier molecular flexibility index (Phi) is 5.87. The Morgan fingerprint density at radius 1 is 0.714 bits per heavy atom. The average Bonchev–Trinajstić information content (AvgIpc) is 2.53. The maximum absolute atomic E-state index is 8.93. The minimum absolute atomic E-state index is 0.0940. The van der Waals surface area contributed by atoms with Gasteiger partial charge in [-0.2, -0.15) is 0 Å². The molecule has 0 radical (unpaired) electrons. The maximum atomic E-state index is 8.93. The lowest BCUT2D eigenvalue weighted by molar-refractivity contribution is 0.175. The Labute approximate surface area is 123 Å². The van der Waals surface area contributed by atoms with Crippen molar-refractivity contribution in [2.45, 2.75) is 0 Å². The molecule has 5 heteroatoms. The van der Waals surface area contributed by atoms with E-state index in [2.05, 4.69) is 0 Å². The summed E-state index contributed by atoms with van der Waals surface area (Å²) < 4.78 is 16.7. The van der Waals surface area contributed by atoms with E-state index in [1.807, 2.05) is 30.3 Å². The maximum Gasteiger partial charge on any atom is 0.204 e. The molecule has 0 bridgehead atoms. The van der Waals surface area contributed by atoms with Crippen LogP contribution in [0.3, 0.4) is 0 Å². The fraction of sp³-hybridized carbons (Fsp3) is 0.250. The molecule has 0 atom stereocenters. The number of hydrogen-bond acceptors (Lipinski definition) is 5. The summed E-state index contributed by atoms with van der Waals surface area (Å²) in [5.41, 5.74) is 0. The van der Waals surface area contributed by atoms with E-state index < -0.39 is 0 Å². The van der Waals surface area contributed by atoms with Crippen LogP contribution in [0.15, 0.2) is 48.5 Å². The predicted octanol–water partition coefficient (Wildman–Crippen LogP) is 2.22. The zero-order valence-corrected chi connectivity index (χ0v) is 11.6. The van der Waals surface area contributed by atoms with Crippen molar-refractivity contribution in [3.05, 3.63) is 48.5 Å². The monoisotopic (exact) mass is 290 g/mol. The van der Waals surface area contributed by atoms with Gasteiger partial charge in [0.2, 0.25) is 5.75 Å². The number of rotatable bonds is 8. The van der Waals surface area contributed by atoms with Gasteiger partial charge < -0.3 is 24.4 Å². The summed E-state index contributed by atoms with van der Waals surface area (Å²) in [5, 5.41) is 17.8. The van der Waals surface area contributed by atoms with Crippen LogP contribution in [0.1, 0.15) is 0 Å². The second-order valence-corrected chi connectivity index (χ2v) is 4.14. The zero-order valence-electron chi connectivity index (χ0n) is 11.6. The third-order valence-electron chi connectivity index (χ3n) is 2.60. The van der Waals surface area contributed by atoms with Crippen LogP contribution >= 0.6 is 0 Å². The van der Waals surface area contributed by atoms with Gasteiger partial charge in [0.25, 0.3) is 0 Å². The minimum atomic E-state index is -0.112. The fourth-order valence-electron chi connectivity index (χ4n) is 1.75. The molecule has 5 nitrogen and oxygen atoms in total. The molecule has 2 rings (SSSR count). The summed E-state index contributed by atoms with van der Waals surface area (Å²) in [6.45, 7) is 0.0806. The second-order valence-electron chi connectivity index (χ2n) is 4.14. The van der Waals surface area contributed by atoms with Gasteiger partial charge in [-0.15, -0.1) is 0 Å². The van der Waals surface area contributed by atoms with Crippen molar-refractivity contribution in [1.29, 1.82) is 0 Å². The van der Waals surface area contributed by atoms with E-state index in [-0.39, 0.29) is 26.4 Å². The highest BCUT2D eigenvalue weighted by Gasteiger charge is 2.13. The van der Waals surface area contributed by atoms with E-state index in [4.69, 9.17) is 24.4 Å². The molecule has 0 fully saturated rings. The van der Waals surface area contributed by atoms with Crippen LogP contribution in [0, 0.1) is 0 Å². The van der Waals surface area contributed by atoms with Crippen molar-refractivity contribution >= 4 is 0 Å². The third-order valence-corrected chi connectivity index (χ3v) is 2.60. The Morgan fingerprint density at radius 2 is 1.38 bits per heavy atom. The van der Waals surface area contributed by atoms with Gasteiger partial charge in [0.15, 0.2) is 11.5 Å². The number of hydrogen-bond donors (Lipinski definition) is 2. The highest BCUT2D eigenvalue weighted by molar-refractivity contribution is 5.52. The topological polar surface area (TPSA) is 68.2 Å². The first-order chi connectivity index (χ1) is 10.3. The molecule has 0 saturated carbocycles. The molecule has 0 aliphatic rings. The molecule has 0 aromatic heterocycles. The first-order valence-corrected chi connectivity index (χ1v) is 6.68. The number of aliphatic hydroxyl groups excluding tert-OH is 2. The average molecular weight is 290 g/mol. The minimum Gasteiger partial charge on any atom is -0.487 e. The molecule has 0 unspecified atom stereocenters. The summed E-state index contributed by atoms with van der Waals surface area (Å²) in [4.78, 5) is 0. The van der Waals surface area contributed by atoms with Crippen molar-refractivity contribution in [2.24, 2.45) is 0 Å². The van der Waals surface area contributed by atoms with Gasteiger partial charge in [-0.25, -0.2) is 0 Å². The van der Waals surface area contributed by atoms with Crippen molar-refractivity contribution in [3.8, 4) is 23.0 Å². The van der Waals surface area contributed by atoms with E-state index in [1.54, 1.807) is 18.2 Å². The van der Waals surface area contributed by atoms with Gasteiger partial charge in [0.05, 0.1) is 13.2 Å². The highest BCUT2D eigenvalue weighted by atomic mass is 16.5. The van der Waals surface area contributed by atoms with E-state index in [1.165, 1.54) is 0 Å². The van der Waals surface area contributed by atoms with Crippen LogP contribution in [0.5, 0.6) is 23.0 Å². The number of aliphatic hydroxyl groups is 2. The normalized spacial score (nSPS) is 10.2. The van der Waals surface area contributed by atoms with E-state index in [0.717, 1.165) is 0 Å². The number of ether oxygens (including phenoxy) is 3. The van der Waals surface area contributed by atoms with Gasteiger partial charge in [0, 0.05) is 0 Å². The van der Waals surface area contributed by atoms with Crippen LogP contribution in [-0.2, 0) is 0 Å². The standard InChI is InChI=1S/C16H18O5/c17-9-11-19-14-7-4-8-15(16(14)20-12-10-18)21-13-5-2-1-3-6-13/h1-8,17-18H,9-12H2. The van der Waals surface area contributed by atoms with Crippen molar-refractivity contribution < 1.29 is 24.4 Å². The molecule has 2 aromatic carbocycles. The van der Waals surface area contributed by atoms with Crippen molar-refractivity contribution in [3.63, 3.8) is 0 Å². The summed E-state index contributed by atoms with van der Waals surface area (Å²) in [6, 6.07) is 14.6. The number of benzene rings is 2. The van der Waals surface area contributed by atoms with Crippen LogP contribution in [0.4, 0.5) is 0 Å². The molecule has 0 aliphatic heterocycles. The molecule has 0 spiro atoms. The Morgan fingerprint density at radius 3 is 2.10 bits per heavy atom. The van der Waals surface area contributed by atoms with Gasteiger partial charge in [-0.05, 0) is 24.3 Å². The van der Waals surface area contributed by atoms with Gasteiger partial charge in [0.1, 0.15) is 19.0 Å². The zero-order chi connectivity index (χ0) is 14.9. The lowest BCUT2D eigenvalue weighted by Crippen LogP contribution is -2.07. The SMILES string of the molecule is OCCOc1cccc(Oc2ccccc2)c1OCCO. The lowest BCUT2D eigenvalue weighted by Gasteiger charge is -2.16. The summed E-state index contributed by atoms with van der Waals surface area (Å²) >= 11 is 0. The van der Waals surface area contributed by atoms with Gasteiger partial charge in [-0.3, -0.25) is 0 Å². The molecule has 2 N–H and O–H groups in total. The first-order valence-electron chi connectivity index (χ1n) is 6.68. The Hall–Kier alpha value is -2.24. The molecule has 112 valence electrons. The molecular weight excluding hydrogens is 272 g/mol.